The summed E-state index contributed by atoms with van der Waals surface area (Å²) in [6, 6.07) is 13.2. The molecular formula is C17H19N3O4S. The number of rotatable bonds is 6. The summed E-state index contributed by atoms with van der Waals surface area (Å²) in [4.78, 5) is 23.1. The fourth-order valence-corrected chi connectivity index (χ4v) is 3.39. The SMILES string of the molecule is CNC(=O)C(NS(=O)(=O)c1ccc(NC(C)=O)cc1)c1ccccc1. The number of carbonyl (C=O) groups is 2. The van der Waals surface area contributed by atoms with Gasteiger partial charge in [-0.2, -0.15) is 4.72 Å². The molecule has 0 aliphatic rings. The molecule has 0 bridgehead atoms. The zero-order chi connectivity index (χ0) is 18.4. The van der Waals surface area contributed by atoms with Crippen LogP contribution in [0.5, 0.6) is 0 Å². The summed E-state index contributed by atoms with van der Waals surface area (Å²) >= 11 is 0. The maximum Gasteiger partial charge on any atom is 0.242 e. The van der Waals surface area contributed by atoms with Crippen molar-refractivity contribution in [3.63, 3.8) is 0 Å². The molecule has 0 spiro atoms. The molecule has 1 unspecified atom stereocenters. The van der Waals surface area contributed by atoms with Gasteiger partial charge in [0.1, 0.15) is 6.04 Å². The monoisotopic (exact) mass is 361 g/mol. The van der Waals surface area contributed by atoms with Gasteiger partial charge in [-0.3, -0.25) is 9.59 Å². The highest BCUT2D eigenvalue weighted by molar-refractivity contribution is 7.89. The van der Waals surface area contributed by atoms with Crippen molar-refractivity contribution in [3.05, 3.63) is 60.2 Å². The minimum absolute atomic E-state index is 0.00793. The molecule has 0 aromatic heterocycles. The summed E-state index contributed by atoms with van der Waals surface area (Å²) in [5.41, 5.74) is 1.01. The van der Waals surface area contributed by atoms with Gasteiger partial charge in [0, 0.05) is 19.7 Å². The molecule has 0 fully saturated rings. The number of anilines is 1. The lowest BCUT2D eigenvalue weighted by Crippen LogP contribution is -2.39. The molecule has 132 valence electrons. The fraction of sp³-hybridized carbons (Fsp3) is 0.176. The Morgan fingerprint density at radius 2 is 1.56 bits per heavy atom. The van der Waals surface area contributed by atoms with E-state index >= 15 is 0 Å². The van der Waals surface area contributed by atoms with Crippen LogP contribution in [0.15, 0.2) is 59.5 Å². The summed E-state index contributed by atoms with van der Waals surface area (Å²) < 4.78 is 27.6. The lowest BCUT2D eigenvalue weighted by atomic mass is 10.1. The van der Waals surface area contributed by atoms with Crippen LogP contribution in [0.3, 0.4) is 0 Å². The minimum atomic E-state index is -3.93. The first-order valence-corrected chi connectivity index (χ1v) is 8.98. The van der Waals surface area contributed by atoms with Gasteiger partial charge < -0.3 is 10.6 Å². The molecule has 2 aromatic rings. The number of carbonyl (C=O) groups excluding carboxylic acids is 2. The van der Waals surface area contributed by atoms with Gasteiger partial charge in [0.25, 0.3) is 0 Å². The fourth-order valence-electron chi connectivity index (χ4n) is 2.21. The van der Waals surface area contributed by atoms with Crippen LogP contribution < -0.4 is 15.4 Å². The predicted octanol–water partition coefficient (Wildman–Crippen LogP) is 1.41. The normalized spacial score (nSPS) is 12.2. The van der Waals surface area contributed by atoms with E-state index in [1.807, 2.05) is 0 Å². The van der Waals surface area contributed by atoms with E-state index < -0.39 is 22.0 Å². The van der Waals surface area contributed by atoms with E-state index in [1.54, 1.807) is 30.3 Å². The third-order valence-corrected chi connectivity index (χ3v) is 4.84. The van der Waals surface area contributed by atoms with Crippen molar-refractivity contribution in [2.45, 2.75) is 17.9 Å². The molecule has 25 heavy (non-hydrogen) atoms. The highest BCUT2D eigenvalue weighted by atomic mass is 32.2. The van der Waals surface area contributed by atoms with Crippen molar-refractivity contribution < 1.29 is 18.0 Å². The summed E-state index contributed by atoms with van der Waals surface area (Å²) in [5, 5.41) is 5.01. The highest BCUT2D eigenvalue weighted by Gasteiger charge is 2.26. The van der Waals surface area contributed by atoms with Crippen molar-refractivity contribution in [2.75, 3.05) is 12.4 Å². The van der Waals surface area contributed by atoms with Gasteiger partial charge in [-0.1, -0.05) is 30.3 Å². The van der Waals surface area contributed by atoms with Gasteiger partial charge in [-0.25, -0.2) is 8.42 Å². The molecule has 2 rings (SSSR count). The van der Waals surface area contributed by atoms with E-state index in [2.05, 4.69) is 15.4 Å². The molecule has 0 aliphatic carbocycles. The zero-order valence-corrected chi connectivity index (χ0v) is 14.6. The largest absolute Gasteiger partial charge is 0.357 e. The van der Waals surface area contributed by atoms with E-state index in [0.717, 1.165) is 0 Å². The molecule has 2 amide bonds. The summed E-state index contributed by atoms with van der Waals surface area (Å²) in [6.45, 7) is 1.36. The first kappa shape index (κ1) is 18.6. The average molecular weight is 361 g/mol. The van der Waals surface area contributed by atoms with E-state index in [4.69, 9.17) is 0 Å². The van der Waals surface area contributed by atoms with Crippen molar-refractivity contribution >= 4 is 27.5 Å². The van der Waals surface area contributed by atoms with Gasteiger partial charge in [-0.15, -0.1) is 0 Å². The maximum absolute atomic E-state index is 12.6. The van der Waals surface area contributed by atoms with Gasteiger partial charge in [-0.05, 0) is 29.8 Å². The number of hydrogen-bond donors (Lipinski definition) is 3. The lowest BCUT2D eigenvalue weighted by Gasteiger charge is -2.18. The topological polar surface area (TPSA) is 104 Å². The standard InChI is InChI=1S/C17H19N3O4S/c1-12(21)19-14-8-10-15(11-9-14)25(23,24)20-16(17(22)18-2)13-6-4-3-5-7-13/h3-11,16,20H,1-2H3,(H,18,22)(H,19,21). The summed E-state index contributed by atoms with van der Waals surface area (Å²) in [5.74, 6) is -0.720. The third-order valence-electron chi connectivity index (χ3n) is 3.40. The third kappa shape index (κ3) is 4.88. The first-order valence-electron chi connectivity index (χ1n) is 7.50. The molecule has 1 atom stereocenters. The molecule has 0 saturated carbocycles. The summed E-state index contributed by atoms with van der Waals surface area (Å²) in [7, 11) is -2.49. The first-order chi connectivity index (χ1) is 11.8. The Labute approximate surface area is 146 Å². The van der Waals surface area contributed by atoms with Crippen molar-refractivity contribution in [1.82, 2.24) is 10.0 Å². The van der Waals surface area contributed by atoms with E-state index in [-0.39, 0.29) is 10.8 Å². The maximum atomic E-state index is 12.6. The molecule has 3 N–H and O–H groups in total. The van der Waals surface area contributed by atoms with E-state index in [9.17, 15) is 18.0 Å². The Morgan fingerprint density at radius 1 is 0.960 bits per heavy atom. The number of amides is 2. The minimum Gasteiger partial charge on any atom is -0.357 e. The van der Waals surface area contributed by atoms with Crippen LogP contribution >= 0.6 is 0 Å². The number of sulfonamides is 1. The average Bonchev–Trinajstić information content (AvgIpc) is 2.60. The quantitative estimate of drug-likeness (QED) is 0.723. The van der Waals surface area contributed by atoms with Gasteiger partial charge >= 0.3 is 0 Å². The van der Waals surface area contributed by atoms with Crippen LogP contribution in [-0.4, -0.2) is 27.3 Å². The molecule has 0 radical (unpaired) electrons. The Bertz CT molecular complexity index is 849. The van der Waals surface area contributed by atoms with Gasteiger partial charge in [0.05, 0.1) is 4.90 Å². The van der Waals surface area contributed by atoms with Crippen molar-refractivity contribution in [2.24, 2.45) is 0 Å². The smallest absolute Gasteiger partial charge is 0.242 e. The second-order valence-electron chi connectivity index (χ2n) is 5.28. The Hall–Kier alpha value is -2.71. The van der Waals surface area contributed by atoms with Crippen molar-refractivity contribution in [3.8, 4) is 0 Å². The van der Waals surface area contributed by atoms with Crippen LogP contribution in [0, 0.1) is 0 Å². The molecule has 7 nitrogen and oxygen atoms in total. The Kier molecular flexibility index (Phi) is 5.89. The molecule has 0 aliphatic heterocycles. The molecular weight excluding hydrogens is 342 g/mol. The second kappa shape index (κ2) is 7.91. The molecule has 2 aromatic carbocycles. The lowest BCUT2D eigenvalue weighted by molar-refractivity contribution is -0.122. The molecule has 0 saturated heterocycles. The van der Waals surface area contributed by atoms with Crippen LogP contribution in [-0.2, 0) is 19.6 Å². The highest BCUT2D eigenvalue weighted by Crippen LogP contribution is 2.19. The number of hydrogen-bond acceptors (Lipinski definition) is 4. The van der Waals surface area contributed by atoms with Gasteiger partial charge in [0.2, 0.25) is 21.8 Å². The second-order valence-corrected chi connectivity index (χ2v) is 7.00. The van der Waals surface area contributed by atoms with Gasteiger partial charge in [0.15, 0.2) is 0 Å². The van der Waals surface area contributed by atoms with Crippen molar-refractivity contribution in [1.29, 1.82) is 0 Å². The number of benzene rings is 2. The van der Waals surface area contributed by atoms with E-state index in [1.165, 1.54) is 38.2 Å². The predicted molar refractivity (Wildman–Crippen MR) is 94.3 cm³/mol. The number of nitrogens with one attached hydrogen (secondary N) is 3. The Morgan fingerprint density at radius 3 is 2.08 bits per heavy atom. The Balaban J connectivity index is 2.28. The van der Waals surface area contributed by atoms with Crippen LogP contribution in [0.2, 0.25) is 0 Å². The van der Waals surface area contributed by atoms with Crippen LogP contribution in [0.1, 0.15) is 18.5 Å². The molecule has 8 heteroatoms. The van der Waals surface area contributed by atoms with Crippen LogP contribution in [0.25, 0.3) is 0 Å². The van der Waals surface area contributed by atoms with Crippen LogP contribution in [0.4, 0.5) is 5.69 Å². The zero-order valence-electron chi connectivity index (χ0n) is 13.8. The molecule has 0 heterocycles. The van der Waals surface area contributed by atoms with E-state index in [0.29, 0.717) is 11.3 Å². The summed E-state index contributed by atoms with van der Waals surface area (Å²) in [6.07, 6.45) is 0. The number of likely N-dealkylation sites (N-methyl/N-ethyl adjacent to an activating group) is 1.